The normalized spacial score (nSPS) is 10.0. The number of hydrogen-bond acceptors (Lipinski definition) is 4. The Bertz CT molecular complexity index is 398. The van der Waals surface area contributed by atoms with E-state index in [0.717, 1.165) is 0 Å². The molecule has 0 radical (unpaired) electrons. The number of ether oxygens (including phenoxy) is 1. The lowest BCUT2D eigenvalue weighted by atomic mass is 10.4. The summed E-state index contributed by atoms with van der Waals surface area (Å²) in [5.74, 6) is -0.301. The quantitative estimate of drug-likeness (QED) is 0.679. The maximum atomic E-state index is 11.4. The Morgan fingerprint density at radius 2 is 2.33 bits per heavy atom. The number of rotatable bonds is 4. The Morgan fingerprint density at radius 3 is 2.93 bits per heavy atom. The lowest BCUT2D eigenvalue weighted by Crippen LogP contribution is -2.21. The molecule has 1 aromatic rings. The number of esters is 1. The van der Waals surface area contributed by atoms with Crippen molar-refractivity contribution >= 4 is 5.97 Å². The molecule has 0 fully saturated rings. The van der Waals surface area contributed by atoms with Crippen LogP contribution < -0.4 is 5.56 Å². The molecule has 0 saturated carbocycles. The van der Waals surface area contributed by atoms with Crippen LogP contribution in [-0.2, 0) is 16.1 Å². The van der Waals surface area contributed by atoms with E-state index in [2.05, 4.69) is 4.98 Å². The molecule has 1 aromatic heterocycles. The van der Waals surface area contributed by atoms with Crippen molar-refractivity contribution < 1.29 is 9.53 Å². The Morgan fingerprint density at radius 1 is 1.60 bits per heavy atom. The molecule has 0 aliphatic carbocycles. The van der Waals surface area contributed by atoms with Gasteiger partial charge in [0.05, 0.1) is 19.4 Å². The maximum Gasteiger partial charge on any atom is 0.307 e. The van der Waals surface area contributed by atoms with Gasteiger partial charge in [-0.15, -0.1) is 0 Å². The highest BCUT2D eigenvalue weighted by Gasteiger charge is 2.03. The van der Waals surface area contributed by atoms with Gasteiger partial charge in [0.15, 0.2) is 0 Å². The Kier molecular flexibility index (Phi) is 4.03. The van der Waals surface area contributed by atoms with Crippen molar-refractivity contribution in [2.45, 2.75) is 26.8 Å². The summed E-state index contributed by atoms with van der Waals surface area (Å²) in [6, 6.07) is 1.44. The molecule has 82 valence electrons. The first-order chi connectivity index (χ1) is 7.13. The number of aryl methyl sites for hydroxylation is 2. The largest absolute Gasteiger partial charge is 0.466 e. The first-order valence-corrected chi connectivity index (χ1v) is 4.82. The van der Waals surface area contributed by atoms with Crippen LogP contribution in [0.5, 0.6) is 0 Å². The van der Waals surface area contributed by atoms with Crippen molar-refractivity contribution in [3.8, 4) is 0 Å². The van der Waals surface area contributed by atoms with E-state index in [9.17, 15) is 9.59 Å². The van der Waals surface area contributed by atoms with Gasteiger partial charge in [-0.3, -0.25) is 14.2 Å². The minimum Gasteiger partial charge on any atom is -0.466 e. The highest BCUT2D eigenvalue weighted by atomic mass is 16.5. The van der Waals surface area contributed by atoms with Gasteiger partial charge in [0.1, 0.15) is 0 Å². The second kappa shape index (κ2) is 5.29. The standard InChI is InChI=1S/C10H14N2O3/c1-3-15-10(14)4-5-12-7-11-8(2)6-9(12)13/h6-7H,3-5H2,1-2H3. The number of hydrogen-bond donors (Lipinski definition) is 0. The zero-order valence-electron chi connectivity index (χ0n) is 8.90. The molecule has 0 N–H and O–H groups in total. The fraction of sp³-hybridized carbons (Fsp3) is 0.500. The Balaban J connectivity index is 2.58. The van der Waals surface area contributed by atoms with Crippen LogP contribution in [0, 0.1) is 6.92 Å². The van der Waals surface area contributed by atoms with Crippen molar-refractivity contribution in [2.24, 2.45) is 0 Å². The zero-order chi connectivity index (χ0) is 11.3. The molecule has 0 saturated heterocycles. The van der Waals surface area contributed by atoms with E-state index in [1.165, 1.54) is 17.0 Å². The van der Waals surface area contributed by atoms with E-state index in [4.69, 9.17) is 4.74 Å². The monoisotopic (exact) mass is 210 g/mol. The molecular weight excluding hydrogens is 196 g/mol. The minimum absolute atomic E-state index is 0.146. The van der Waals surface area contributed by atoms with Crippen LogP contribution >= 0.6 is 0 Å². The van der Waals surface area contributed by atoms with E-state index in [-0.39, 0.29) is 17.9 Å². The van der Waals surface area contributed by atoms with Gasteiger partial charge in [-0.1, -0.05) is 0 Å². The summed E-state index contributed by atoms with van der Waals surface area (Å²) in [4.78, 5) is 26.4. The molecule has 0 unspecified atom stereocenters. The highest BCUT2D eigenvalue weighted by molar-refractivity contribution is 5.69. The number of carbonyl (C=O) groups excluding carboxylic acids is 1. The van der Waals surface area contributed by atoms with Crippen LogP contribution in [0.15, 0.2) is 17.2 Å². The predicted molar refractivity (Wildman–Crippen MR) is 54.5 cm³/mol. The second-order valence-corrected chi connectivity index (χ2v) is 3.12. The average Bonchev–Trinajstić information content (AvgIpc) is 2.17. The van der Waals surface area contributed by atoms with E-state index in [1.54, 1.807) is 13.8 Å². The molecule has 0 aliphatic rings. The van der Waals surface area contributed by atoms with Gasteiger partial charge >= 0.3 is 5.97 Å². The van der Waals surface area contributed by atoms with Crippen LogP contribution in [0.25, 0.3) is 0 Å². The molecule has 1 heterocycles. The second-order valence-electron chi connectivity index (χ2n) is 3.12. The zero-order valence-corrected chi connectivity index (χ0v) is 8.90. The van der Waals surface area contributed by atoms with Gasteiger partial charge in [-0.25, -0.2) is 4.98 Å². The SMILES string of the molecule is CCOC(=O)CCn1cnc(C)cc1=O. The fourth-order valence-electron chi connectivity index (χ4n) is 1.13. The third kappa shape index (κ3) is 3.53. The van der Waals surface area contributed by atoms with E-state index < -0.39 is 0 Å². The Labute approximate surface area is 87.7 Å². The van der Waals surface area contributed by atoms with Gasteiger partial charge < -0.3 is 4.74 Å². The fourth-order valence-corrected chi connectivity index (χ4v) is 1.13. The molecule has 5 heteroatoms. The highest BCUT2D eigenvalue weighted by Crippen LogP contribution is 1.91. The average molecular weight is 210 g/mol. The summed E-state index contributed by atoms with van der Waals surface area (Å²) in [5.41, 5.74) is 0.527. The van der Waals surface area contributed by atoms with Gasteiger partial charge in [-0.2, -0.15) is 0 Å². The first-order valence-electron chi connectivity index (χ1n) is 4.82. The lowest BCUT2D eigenvalue weighted by molar-refractivity contribution is -0.143. The van der Waals surface area contributed by atoms with E-state index >= 15 is 0 Å². The summed E-state index contributed by atoms with van der Waals surface area (Å²) in [6.45, 7) is 4.17. The smallest absolute Gasteiger partial charge is 0.307 e. The topological polar surface area (TPSA) is 61.2 Å². The van der Waals surface area contributed by atoms with Gasteiger partial charge in [0.25, 0.3) is 5.56 Å². The van der Waals surface area contributed by atoms with Crippen molar-refractivity contribution in [3.05, 3.63) is 28.4 Å². The van der Waals surface area contributed by atoms with Gasteiger partial charge in [0.2, 0.25) is 0 Å². The van der Waals surface area contributed by atoms with Crippen LogP contribution in [0.1, 0.15) is 19.0 Å². The molecule has 0 atom stereocenters. The molecule has 5 nitrogen and oxygen atoms in total. The molecule has 15 heavy (non-hydrogen) atoms. The van der Waals surface area contributed by atoms with Crippen molar-refractivity contribution in [3.63, 3.8) is 0 Å². The van der Waals surface area contributed by atoms with Crippen LogP contribution in [0.2, 0.25) is 0 Å². The maximum absolute atomic E-state index is 11.4. The number of carbonyl (C=O) groups is 1. The van der Waals surface area contributed by atoms with Gasteiger partial charge in [-0.05, 0) is 13.8 Å². The summed E-state index contributed by atoms with van der Waals surface area (Å²) in [5, 5.41) is 0. The van der Waals surface area contributed by atoms with Gasteiger partial charge in [0, 0.05) is 18.3 Å². The van der Waals surface area contributed by atoms with Crippen molar-refractivity contribution in [1.82, 2.24) is 9.55 Å². The molecule has 0 aromatic carbocycles. The molecule has 0 spiro atoms. The Hall–Kier alpha value is -1.65. The molecular formula is C10H14N2O3. The number of nitrogens with zero attached hydrogens (tertiary/aromatic N) is 2. The van der Waals surface area contributed by atoms with Crippen LogP contribution in [0.3, 0.4) is 0 Å². The minimum atomic E-state index is -0.301. The van der Waals surface area contributed by atoms with E-state index in [0.29, 0.717) is 18.8 Å². The first kappa shape index (κ1) is 11.4. The molecule has 1 rings (SSSR count). The predicted octanol–water partition coefficient (Wildman–Crippen LogP) is 0.505. The molecule has 0 amide bonds. The third-order valence-corrected chi connectivity index (χ3v) is 1.88. The lowest BCUT2D eigenvalue weighted by Gasteiger charge is -2.04. The third-order valence-electron chi connectivity index (χ3n) is 1.88. The van der Waals surface area contributed by atoms with Crippen molar-refractivity contribution in [1.29, 1.82) is 0 Å². The van der Waals surface area contributed by atoms with Crippen LogP contribution in [0.4, 0.5) is 0 Å². The summed E-state index contributed by atoms with van der Waals surface area (Å²) in [6.07, 6.45) is 1.63. The molecule has 0 bridgehead atoms. The molecule has 0 aliphatic heterocycles. The van der Waals surface area contributed by atoms with Crippen LogP contribution in [-0.4, -0.2) is 22.1 Å². The summed E-state index contributed by atoms with van der Waals surface area (Å²) >= 11 is 0. The van der Waals surface area contributed by atoms with E-state index in [1.807, 2.05) is 0 Å². The van der Waals surface area contributed by atoms with Crippen molar-refractivity contribution in [2.75, 3.05) is 6.61 Å². The number of aromatic nitrogens is 2. The summed E-state index contributed by atoms with van der Waals surface area (Å²) in [7, 11) is 0. The summed E-state index contributed by atoms with van der Waals surface area (Å²) < 4.78 is 6.15.